The van der Waals surface area contributed by atoms with E-state index in [2.05, 4.69) is 0 Å². The van der Waals surface area contributed by atoms with Crippen LogP contribution in [0.15, 0.2) is 60.7 Å². The lowest BCUT2D eigenvalue weighted by molar-refractivity contribution is -0.141. The van der Waals surface area contributed by atoms with Crippen LogP contribution in [0, 0.1) is 0 Å². The van der Waals surface area contributed by atoms with Crippen molar-refractivity contribution in [3.05, 3.63) is 71.8 Å². The van der Waals surface area contributed by atoms with Gasteiger partial charge in [-0.3, -0.25) is 9.59 Å². The van der Waals surface area contributed by atoms with Gasteiger partial charge >= 0.3 is 5.97 Å². The second-order valence-electron chi connectivity index (χ2n) is 6.20. The van der Waals surface area contributed by atoms with E-state index in [-0.39, 0.29) is 30.6 Å². The Morgan fingerprint density at radius 2 is 1.42 bits per heavy atom. The molecule has 0 heterocycles. The Morgan fingerprint density at radius 3 is 1.92 bits per heavy atom. The molecule has 2 aromatic carbocycles. The van der Waals surface area contributed by atoms with Gasteiger partial charge in [0, 0.05) is 11.1 Å². The fourth-order valence-electron chi connectivity index (χ4n) is 2.71. The van der Waals surface area contributed by atoms with E-state index in [1.807, 2.05) is 0 Å². The minimum atomic E-state index is -2.04. The number of Topliss-reactive ketones (excluding diaryl/α,β-unsaturated/α-hetero) is 2. The monoisotopic (exact) mass is 354 g/mol. The van der Waals surface area contributed by atoms with Crippen LogP contribution in [-0.2, 0) is 4.79 Å². The van der Waals surface area contributed by atoms with E-state index in [4.69, 9.17) is 11.5 Å². The Balaban J connectivity index is 2.01. The zero-order valence-electron chi connectivity index (χ0n) is 14.3. The van der Waals surface area contributed by atoms with Crippen LogP contribution in [0.4, 0.5) is 0 Å². The summed E-state index contributed by atoms with van der Waals surface area (Å²) in [5.74, 6) is -2.28. The van der Waals surface area contributed by atoms with Gasteiger partial charge in [0.1, 0.15) is 0 Å². The number of benzene rings is 2. The SMILES string of the molecule is N[C@@H](CCC[C@@](N)(C(=O)O)C(=O)c1ccccc1)C(=O)c1ccccc1. The first kappa shape index (κ1) is 19.5. The summed E-state index contributed by atoms with van der Waals surface area (Å²) < 4.78 is 0. The highest BCUT2D eigenvalue weighted by Gasteiger charge is 2.42. The van der Waals surface area contributed by atoms with E-state index < -0.39 is 23.3 Å². The van der Waals surface area contributed by atoms with Crippen LogP contribution in [0.25, 0.3) is 0 Å². The lowest BCUT2D eigenvalue weighted by Crippen LogP contribution is -2.55. The molecular weight excluding hydrogens is 332 g/mol. The third-order valence-electron chi connectivity index (χ3n) is 4.30. The smallest absolute Gasteiger partial charge is 0.331 e. The highest BCUT2D eigenvalue weighted by atomic mass is 16.4. The molecule has 0 aromatic heterocycles. The summed E-state index contributed by atoms with van der Waals surface area (Å²) in [6, 6.07) is 15.9. The molecule has 0 aliphatic rings. The molecule has 0 aliphatic carbocycles. The van der Waals surface area contributed by atoms with Crippen LogP contribution in [0.2, 0.25) is 0 Å². The van der Waals surface area contributed by atoms with Crippen LogP contribution < -0.4 is 11.5 Å². The lowest BCUT2D eigenvalue weighted by Gasteiger charge is -2.24. The summed E-state index contributed by atoms with van der Waals surface area (Å²) in [5.41, 5.74) is 10.5. The molecule has 26 heavy (non-hydrogen) atoms. The quantitative estimate of drug-likeness (QED) is 0.468. The minimum absolute atomic E-state index is 0.105. The molecule has 0 radical (unpaired) electrons. The van der Waals surface area contributed by atoms with Gasteiger partial charge in [0.15, 0.2) is 17.1 Å². The van der Waals surface area contributed by atoms with Crippen molar-refractivity contribution >= 4 is 17.5 Å². The van der Waals surface area contributed by atoms with E-state index >= 15 is 0 Å². The van der Waals surface area contributed by atoms with E-state index in [9.17, 15) is 19.5 Å². The van der Waals surface area contributed by atoms with Crippen LogP contribution >= 0.6 is 0 Å². The second kappa shape index (κ2) is 8.51. The molecule has 5 N–H and O–H groups in total. The maximum atomic E-state index is 12.5. The van der Waals surface area contributed by atoms with Crippen LogP contribution in [0.1, 0.15) is 40.0 Å². The topological polar surface area (TPSA) is 123 Å². The van der Waals surface area contributed by atoms with Gasteiger partial charge in [-0.2, -0.15) is 0 Å². The predicted octanol–water partition coefficient (Wildman–Crippen LogP) is 2.03. The Kier molecular flexibility index (Phi) is 6.38. The third kappa shape index (κ3) is 4.41. The highest BCUT2D eigenvalue weighted by Crippen LogP contribution is 2.20. The molecule has 2 aromatic rings. The highest BCUT2D eigenvalue weighted by molar-refractivity contribution is 6.15. The number of rotatable bonds is 9. The molecule has 136 valence electrons. The zero-order chi connectivity index (χ0) is 19.2. The second-order valence-corrected chi connectivity index (χ2v) is 6.20. The summed E-state index contributed by atoms with van der Waals surface area (Å²) in [6.07, 6.45) is 0.370. The van der Waals surface area contributed by atoms with Crippen LogP contribution in [0.3, 0.4) is 0 Å². The number of hydrogen-bond acceptors (Lipinski definition) is 5. The number of carbonyl (C=O) groups excluding carboxylic acids is 2. The molecule has 0 saturated carbocycles. The van der Waals surface area contributed by atoms with Gasteiger partial charge in [0.05, 0.1) is 6.04 Å². The molecule has 6 heteroatoms. The molecule has 0 bridgehead atoms. The molecule has 0 unspecified atom stereocenters. The third-order valence-corrected chi connectivity index (χ3v) is 4.30. The molecule has 0 saturated heterocycles. The van der Waals surface area contributed by atoms with Gasteiger partial charge in [0.2, 0.25) is 0 Å². The number of aliphatic carboxylic acids is 1. The van der Waals surface area contributed by atoms with Gasteiger partial charge in [-0.1, -0.05) is 60.7 Å². The average Bonchev–Trinajstić information content (AvgIpc) is 2.67. The molecule has 0 fully saturated rings. The Hall–Kier alpha value is -2.83. The number of nitrogens with two attached hydrogens (primary N) is 2. The molecule has 6 nitrogen and oxygen atoms in total. The summed E-state index contributed by atoms with van der Waals surface area (Å²) >= 11 is 0. The Labute approximate surface area is 151 Å². The van der Waals surface area contributed by atoms with Crippen molar-refractivity contribution in [3.8, 4) is 0 Å². The largest absolute Gasteiger partial charge is 0.480 e. The number of carboxylic acids is 1. The summed E-state index contributed by atoms with van der Waals surface area (Å²) in [4.78, 5) is 36.4. The van der Waals surface area contributed by atoms with Gasteiger partial charge in [-0.05, 0) is 19.3 Å². The number of carboxylic acid groups (broad SMARTS) is 1. The standard InChI is InChI=1S/C20H22N2O4/c21-16(17(23)14-8-3-1-4-9-14)12-7-13-20(22,19(25)26)18(24)15-10-5-2-6-11-15/h1-6,8-11,16H,7,12-13,21-22H2,(H,25,26)/t16-,20-/m0/s1. The van der Waals surface area contributed by atoms with E-state index in [1.165, 1.54) is 12.1 Å². The van der Waals surface area contributed by atoms with E-state index in [0.717, 1.165) is 0 Å². The molecular formula is C20H22N2O4. The first-order valence-corrected chi connectivity index (χ1v) is 8.33. The van der Waals surface area contributed by atoms with Crippen LogP contribution in [0.5, 0.6) is 0 Å². The zero-order valence-corrected chi connectivity index (χ0v) is 14.3. The van der Waals surface area contributed by atoms with Gasteiger partial charge in [-0.25, -0.2) is 4.79 Å². The molecule has 0 aliphatic heterocycles. The van der Waals surface area contributed by atoms with Crippen molar-refractivity contribution in [1.29, 1.82) is 0 Å². The molecule has 2 rings (SSSR count). The summed E-state index contributed by atoms with van der Waals surface area (Å²) in [6.45, 7) is 0. The fraction of sp³-hybridized carbons (Fsp3) is 0.250. The lowest BCUT2D eigenvalue weighted by atomic mass is 9.84. The van der Waals surface area contributed by atoms with E-state index in [0.29, 0.717) is 5.56 Å². The van der Waals surface area contributed by atoms with Crippen LogP contribution in [-0.4, -0.2) is 34.2 Å². The first-order valence-electron chi connectivity index (χ1n) is 8.33. The van der Waals surface area contributed by atoms with Crippen molar-refractivity contribution in [1.82, 2.24) is 0 Å². The fourth-order valence-corrected chi connectivity index (χ4v) is 2.71. The summed E-state index contributed by atoms with van der Waals surface area (Å²) in [7, 11) is 0. The Bertz CT molecular complexity index is 777. The first-order chi connectivity index (χ1) is 12.4. The number of carbonyl (C=O) groups is 3. The van der Waals surface area contributed by atoms with Crippen molar-refractivity contribution in [2.75, 3.05) is 0 Å². The maximum Gasteiger partial charge on any atom is 0.331 e. The van der Waals surface area contributed by atoms with Crippen molar-refractivity contribution in [2.45, 2.75) is 30.8 Å². The van der Waals surface area contributed by atoms with Gasteiger partial charge in [-0.15, -0.1) is 0 Å². The molecule has 0 amide bonds. The van der Waals surface area contributed by atoms with E-state index in [1.54, 1.807) is 48.5 Å². The van der Waals surface area contributed by atoms with Crippen molar-refractivity contribution in [2.24, 2.45) is 11.5 Å². The van der Waals surface area contributed by atoms with Gasteiger partial charge in [0.25, 0.3) is 0 Å². The summed E-state index contributed by atoms with van der Waals surface area (Å²) in [5, 5.41) is 9.47. The number of hydrogen-bond donors (Lipinski definition) is 3. The normalized spacial score (nSPS) is 14.2. The Morgan fingerprint density at radius 1 is 0.923 bits per heavy atom. The van der Waals surface area contributed by atoms with Crippen molar-refractivity contribution in [3.63, 3.8) is 0 Å². The average molecular weight is 354 g/mol. The molecule has 0 spiro atoms. The van der Waals surface area contributed by atoms with Crippen molar-refractivity contribution < 1.29 is 19.5 Å². The number of ketones is 2. The molecule has 2 atom stereocenters. The predicted molar refractivity (Wildman–Crippen MR) is 97.9 cm³/mol. The maximum absolute atomic E-state index is 12.5. The van der Waals surface area contributed by atoms with Gasteiger partial charge < -0.3 is 16.6 Å². The minimum Gasteiger partial charge on any atom is -0.480 e.